The maximum Gasteiger partial charge on any atom is 0.312 e. The summed E-state index contributed by atoms with van der Waals surface area (Å²) in [6.45, 7) is 3.48. The molecular weight excluding hydrogens is 352 g/mol. The van der Waals surface area contributed by atoms with E-state index < -0.39 is 15.0 Å². The van der Waals surface area contributed by atoms with Crippen LogP contribution >= 0.6 is 0 Å². The molecule has 0 aliphatic heterocycles. The van der Waals surface area contributed by atoms with E-state index in [2.05, 4.69) is 10.1 Å². The van der Waals surface area contributed by atoms with Gasteiger partial charge in [0.15, 0.2) is 5.82 Å². The zero-order valence-corrected chi connectivity index (χ0v) is 15.0. The van der Waals surface area contributed by atoms with Crippen LogP contribution in [0.3, 0.4) is 0 Å². The molecule has 0 spiro atoms. The van der Waals surface area contributed by atoms with Crippen molar-refractivity contribution in [1.29, 1.82) is 0 Å². The molecule has 0 radical (unpaired) electrons. The van der Waals surface area contributed by atoms with Crippen molar-refractivity contribution in [1.82, 2.24) is 14.8 Å². The third kappa shape index (κ3) is 4.51. The van der Waals surface area contributed by atoms with Crippen LogP contribution < -0.4 is 4.74 Å². The van der Waals surface area contributed by atoms with Crippen LogP contribution in [-0.4, -0.2) is 41.5 Å². The second-order valence-electron chi connectivity index (χ2n) is 5.56. The van der Waals surface area contributed by atoms with Crippen LogP contribution in [0, 0.1) is 10.1 Å². The van der Waals surface area contributed by atoms with E-state index >= 15 is 0 Å². The van der Waals surface area contributed by atoms with E-state index in [1.807, 2.05) is 13.8 Å². The third-order valence-corrected chi connectivity index (χ3v) is 3.79. The first kappa shape index (κ1) is 18.8. The topological polar surface area (TPSA) is 126 Å². The highest BCUT2D eigenvalue weighted by Gasteiger charge is 2.24. The SMILES string of the molecule is COc1c(-c2ncn(C(C)C)n2)cc(COS(C)(=O)=O)cc1[N+](=O)[O-]. The number of rotatable bonds is 7. The molecule has 0 atom stereocenters. The van der Waals surface area contributed by atoms with Gasteiger partial charge in [-0.3, -0.25) is 14.3 Å². The van der Waals surface area contributed by atoms with Crippen molar-refractivity contribution >= 4 is 15.8 Å². The molecule has 2 aromatic rings. The largest absolute Gasteiger partial charge is 0.490 e. The molecule has 1 heterocycles. The van der Waals surface area contributed by atoms with Crippen LogP contribution in [0.2, 0.25) is 0 Å². The lowest BCUT2D eigenvalue weighted by atomic mass is 10.1. The van der Waals surface area contributed by atoms with E-state index in [4.69, 9.17) is 8.92 Å². The summed E-state index contributed by atoms with van der Waals surface area (Å²) < 4.78 is 33.8. The highest BCUT2D eigenvalue weighted by atomic mass is 32.2. The number of hydrogen-bond acceptors (Lipinski definition) is 8. The fraction of sp³-hybridized carbons (Fsp3) is 0.429. The molecule has 25 heavy (non-hydrogen) atoms. The molecule has 11 heteroatoms. The van der Waals surface area contributed by atoms with Gasteiger partial charge in [-0.15, -0.1) is 0 Å². The minimum absolute atomic E-state index is 0.00499. The third-order valence-electron chi connectivity index (χ3n) is 3.25. The number of benzene rings is 1. The molecule has 0 unspecified atom stereocenters. The lowest BCUT2D eigenvalue weighted by Crippen LogP contribution is -2.05. The van der Waals surface area contributed by atoms with Gasteiger partial charge >= 0.3 is 5.69 Å². The lowest BCUT2D eigenvalue weighted by molar-refractivity contribution is -0.385. The van der Waals surface area contributed by atoms with Gasteiger partial charge in [-0.1, -0.05) is 0 Å². The zero-order chi connectivity index (χ0) is 18.8. The molecule has 0 aliphatic rings. The number of methoxy groups -OCH3 is 1. The highest BCUT2D eigenvalue weighted by molar-refractivity contribution is 7.85. The summed E-state index contributed by atoms with van der Waals surface area (Å²) >= 11 is 0. The van der Waals surface area contributed by atoms with Crippen molar-refractivity contribution in [2.45, 2.75) is 26.5 Å². The summed E-state index contributed by atoms with van der Waals surface area (Å²) in [5.41, 5.74) is 0.241. The van der Waals surface area contributed by atoms with Gasteiger partial charge in [-0.2, -0.15) is 13.5 Å². The van der Waals surface area contributed by atoms with Crippen LogP contribution in [0.4, 0.5) is 5.69 Å². The summed E-state index contributed by atoms with van der Waals surface area (Å²) in [7, 11) is -2.39. The molecule has 0 bridgehead atoms. The summed E-state index contributed by atoms with van der Waals surface area (Å²) in [6.07, 6.45) is 2.41. The fourth-order valence-corrected chi connectivity index (χ4v) is 2.44. The Hall–Kier alpha value is -2.53. The van der Waals surface area contributed by atoms with Gasteiger partial charge in [0.2, 0.25) is 5.75 Å². The molecule has 2 rings (SSSR count). The number of nitrogens with zero attached hydrogens (tertiary/aromatic N) is 4. The van der Waals surface area contributed by atoms with Gasteiger partial charge < -0.3 is 4.74 Å². The molecule has 1 aromatic carbocycles. The van der Waals surface area contributed by atoms with Crippen LogP contribution in [0.25, 0.3) is 11.4 Å². The van der Waals surface area contributed by atoms with Gasteiger partial charge in [-0.05, 0) is 25.5 Å². The van der Waals surface area contributed by atoms with Crippen molar-refractivity contribution in [3.63, 3.8) is 0 Å². The molecular formula is C14H18N4O6S. The first-order chi connectivity index (χ1) is 11.6. The summed E-state index contributed by atoms with van der Waals surface area (Å²) in [6, 6.07) is 2.77. The molecule has 0 fully saturated rings. The van der Waals surface area contributed by atoms with Gasteiger partial charge in [0, 0.05) is 12.1 Å². The van der Waals surface area contributed by atoms with E-state index in [1.54, 1.807) is 4.68 Å². The Morgan fingerprint density at radius 2 is 2.04 bits per heavy atom. The van der Waals surface area contributed by atoms with Gasteiger partial charge in [0.1, 0.15) is 6.33 Å². The lowest BCUT2D eigenvalue weighted by Gasteiger charge is -2.10. The normalized spacial score (nSPS) is 11.7. The van der Waals surface area contributed by atoms with Crippen molar-refractivity contribution < 1.29 is 22.3 Å². The Balaban J connectivity index is 2.58. The maximum absolute atomic E-state index is 11.4. The number of nitro benzene ring substituents is 1. The number of hydrogen-bond donors (Lipinski definition) is 0. The second kappa shape index (κ2) is 7.15. The van der Waals surface area contributed by atoms with Gasteiger partial charge in [-0.25, -0.2) is 9.67 Å². The Morgan fingerprint density at radius 1 is 1.36 bits per heavy atom. The second-order valence-corrected chi connectivity index (χ2v) is 7.21. The van der Waals surface area contributed by atoms with E-state index in [9.17, 15) is 18.5 Å². The van der Waals surface area contributed by atoms with Crippen molar-refractivity contribution in [3.05, 3.63) is 34.1 Å². The molecule has 0 amide bonds. The van der Waals surface area contributed by atoms with Crippen LogP contribution in [0.5, 0.6) is 5.75 Å². The Kier molecular flexibility index (Phi) is 5.38. The molecule has 0 saturated heterocycles. The van der Waals surface area contributed by atoms with E-state index in [1.165, 1.54) is 25.6 Å². The number of aromatic nitrogens is 3. The fourth-order valence-electron chi connectivity index (χ4n) is 2.09. The Bertz CT molecular complexity index is 891. The standard InChI is InChI=1S/C14H18N4O6S/c1-9(2)17-8-15-14(16-17)11-5-10(7-24-25(4,21)22)6-12(18(19)20)13(11)23-3/h5-6,8-9H,7H2,1-4H3. The maximum atomic E-state index is 11.4. The molecule has 10 nitrogen and oxygen atoms in total. The van der Waals surface area contributed by atoms with Crippen molar-refractivity contribution in [2.75, 3.05) is 13.4 Å². The molecule has 136 valence electrons. The van der Waals surface area contributed by atoms with Crippen LogP contribution in [0.15, 0.2) is 18.5 Å². The number of ether oxygens (including phenoxy) is 1. The Morgan fingerprint density at radius 3 is 2.52 bits per heavy atom. The predicted octanol–water partition coefficient (Wildman–Crippen LogP) is 1.92. The van der Waals surface area contributed by atoms with E-state index in [-0.39, 0.29) is 41.0 Å². The van der Waals surface area contributed by atoms with Crippen LogP contribution in [0.1, 0.15) is 25.5 Å². The molecule has 1 aromatic heterocycles. The molecule has 0 saturated carbocycles. The minimum atomic E-state index is -3.69. The summed E-state index contributed by atoms with van der Waals surface area (Å²) in [5.74, 6) is 0.226. The Labute approximate surface area is 144 Å². The predicted molar refractivity (Wildman–Crippen MR) is 88.7 cm³/mol. The smallest absolute Gasteiger partial charge is 0.312 e. The first-order valence-corrected chi connectivity index (χ1v) is 9.05. The van der Waals surface area contributed by atoms with Crippen LogP contribution in [-0.2, 0) is 20.9 Å². The average Bonchev–Trinajstić information content (AvgIpc) is 3.01. The minimum Gasteiger partial charge on any atom is -0.490 e. The monoisotopic (exact) mass is 370 g/mol. The molecule has 0 aliphatic carbocycles. The first-order valence-electron chi connectivity index (χ1n) is 7.23. The zero-order valence-electron chi connectivity index (χ0n) is 14.2. The van der Waals surface area contributed by atoms with Gasteiger partial charge in [0.25, 0.3) is 10.1 Å². The highest BCUT2D eigenvalue weighted by Crippen LogP contribution is 2.38. The molecule has 0 N–H and O–H groups in total. The van der Waals surface area contributed by atoms with E-state index in [0.29, 0.717) is 0 Å². The quantitative estimate of drug-likeness (QED) is 0.411. The van der Waals surface area contributed by atoms with Gasteiger partial charge in [0.05, 0.1) is 30.5 Å². The summed E-state index contributed by atoms with van der Waals surface area (Å²) in [4.78, 5) is 14.9. The average molecular weight is 370 g/mol. The van der Waals surface area contributed by atoms with E-state index in [0.717, 1.165) is 6.26 Å². The summed E-state index contributed by atoms with van der Waals surface area (Å²) in [5, 5.41) is 15.6. The number of nitro groups is 1. The van der Waals surface area contributed by atoms with Crippen molar-refractivity contribution in [3.8, 4) is 17.1 Å². The van der Waals surface area contributed by atoms with Crippen molar-refractivity contribution in [2.24, 2.45) is 0 Å².